The van der Waals surface area contributed by atoms with E-state index in [0.717, 1.165) is 6.42 Å². The highest BCUT2D eigenvalue weighted by Gasteiger charge is 2.05. The van der Waals surface area contributed by atoms with Crippen molar-refractivity contribution in [1.82, 2.24) is 0 Å². The molecule has 1 N–H and O–H groups in total. The van der Waals surface area contributed by atoms with Crippen molar-refractivity contribution in [3.05, 3.63) is 41.5 Å². The van der Waals surface area contributed by atoms with Crippen LogP contribution in [-0.2, 0) is 6.42 Å². The van der Waals surface area contributed by atoms with E-state index in [2.05, 4.69) is 32.0 Å². The van der Waals surface area contributed by atoms with E-state index in [0.29, 0.717) is 5.75 Å². The molecule has 0 saturated heterocycles. The van der Waals surface area contributed by atoms with Gasteiger partial charge < -0.3 is 5.11 Å². The lowest BCUT2D eigenvalue weighted by atomic mass is 9.96. The highest BCUT2D eigenvalue weighted by atomic mass is 16.3. The summed E-state index contributed by atoms with van der Waals surface area (Å²) in [5.74, 6) is 0.396. The maximum atomic E-state index is 9.91. The first-order valence-corrected chi connectivity index (χ1v) is 7.93. The van der Waals surface area contributed by atoms with Gasteiger partial charge in [-0.25, -0.2) is 0 Å². The van der Waals surface area contributed by atoms with Gasteiger partial charge in [-0.1, -0.05) is 57.2 Å². The Balaban J connectivity index is 2.04. The molecule has 0 aliphatic rings. The van der Waals surface area contributed by atoms with Crippen molar-refractivity contribution < 1.29 is 5.11 Å². The number of phenolic OH excluding ortho intramolecular Hbond substituents is 1. The number of aromatic hydroxyl groups is 1. The van der Waals surface area contributed by atoms with Crippen LogP contribution in [-0.4, -0.2) is 5.11 Å². The fraction of sp³-hybridized carbons (Fsp3) is 0.474. The summed E-state index contributed by atoms with van der Waals surface area (Å²) in [6.07, 6.45) is 8.93. The van der Waals surface area contributed by atoms with Gasteiger partial charge >= 0.3 is 0 Å². The number of unbranched alkanes of at least 4 members (excludes halogenated alkanes) is 5. The zero-order valence-electron chi connectivity index (χ0n) is 12.8. The largest absolute Gasteiger partial charge is 0.508 e. The predicted octanol–water partition coefficient (Wildman–Crippen LogP) is 5.76. The summed E-state index contributed by atoms with van der Waals surface area (Å²) in [6.45, 7) is 4.36. The van der Waals surface area contributed by atoms with Gasteiger partial charge in [0.2, 0.25) is 0 Å². The molecule has 0 unspecified atom stereocenters. The molecular weight excluding hydrogens is 244 g/mol. The van der Waals surface area contributed by atoms with Crippen molar-refractivity contribution in [1.29, 1.82) is 0 Å². The molecule has 0 amide bonds. The Labute approximate surface area is 122 Å². The molecule has 20 heavy (non-hydrogen) atoms. The SMILES string of the molecule is CCCCCCCCc1cc(O)cc2c(C)cccc12. The number of aryl methyl sites for hydroxylation is 2. The number of rotatable bonds is 7. The van der Waals surface area contributed by atoms with Crippen LogP contribution in [0.4, 0.5) is 0 Å². The first-order valence-electron chi connectivity index (χ1n) is 7.93. The van der Waals surface area contributed by atoms with Crippen LogP contribution >= 0.6 is 0 Å². The van der Waals surface area contributed by atoms with Crippen LogP contribution in [0.2, 0.25) is 0 Å². The molecule has 0 spiro atoms. The number of hydrogen-bond donors (Lipinski definition) is 1. The lowest BCUT2D eigenvalue weighted by Crippen LogP contribution is -1.90. The van der Waals surface area contributed by atoms with Gasteiger partial charge in [0, 0.05) is 0 Å². The van der Waals surface area contributed by atoms with Gasteiger partial charge in [-0.05, 0) is 53.8 Å². The zero-order valence-corrected chi connectivity index (χ0v) is 12.8. The molecule has 2 aromatic rings. The van der Waals surface area contributed by atoms with Crippen LogP contribution in [0.3, 0.4) is 0 Å². The molecule has 0 aromatic heterocycles. The third-order valence-electron chi connectivity index (χ3n) is 4.08. The summed E-state index contributed by atoms with van der Waals surface area (Å²) in [4.78, 5) is 0. The summed E-state index contributed by atoms with van der Waals surface area (Å²) < 4.78 is 0. The van der Waals surface area contributed by atoms with Crippen molar-refractivity contribution in [2.75, 3.05) is 0 Å². The second-order valence-electron chi connectivity index (χ2n) is 5.79. The highest BCUT2D eigenvalue weighted by Crippen LogP contribution is 2.28. The van der Waals surface area contributed by atoms with Gasteiger partial charge in [-0.3, -0.25) is 0 Å². The molecule has 2 aromatic carbocycles. The lowest BCUT2D eigenvalue weighted by Gasteiger charge is -2.10. The Morgan fingerprint density at radius 3 is 2.45 bits per heavy atom. The molecule has 0 saturated carbocycles. The van der Waals surface area contributed by atoms with Crippen LogP contribution in [0.25, 0.3) is 10.8 Å². The molecule has 0 fully saturated rings. The van der Waals surface area contributed by atoms with E-state index in [1.165, 1.54) is 60.4 Å². The first kappa shape index (κ1) is 14.9. The molecular formula is C19H26O. The minimum absolute atomic E-state index is 0.396. The predicted molar refractivity (Wildman–Crippen MR) is 87.4 cm³/mol. The molecule has 108 valence electrons. The molecule has 0 aliphatic carbocycles. The highest BCUT2D eigenvalue weighted by molar-refractivity contribution is 5.89. The second kappa shape index (κ2) is 7.33. The topological polar surface area (TPSA) is 20.2 Å². The molecule has 1 heteroatoms. The Bertz CT molecular complexity index is 557. The van der Waals surface area contributed by atoms with Crippen LogP contribution in [0, 0.1) is 6.92 Å². The Morgan fingerprint density at radius 1 is 0.900 bits per heavy atom. The van der Waals surface area contributed by atoms with Gasteiger partial charge in [0.1, 0.15) is 5.75 Å². The number of benzene rings is 2. The Hall–Kier alpha value is -1.50. The minimum atomic E-state index is 0.396. The Morgan fingerprint density at radius 2 is 1.65 bits per heavy atom. The molecule has 0 heterocycles. The van der Waals surface area contributed by atoms with Gasteiger partial charge in [0.05, 0.1) is 0 Å². The molecule has 0 radical (unpaired) electrons. The van der Waals surface area contributed by atoms with Crippen LogP contribution in [0.15, 0.2) is 30.3 Å². The molecule has 0 bridgehead atoms. The normalized spacial score (nSPS) is 11.1. The summed E-state index contributed by atoms with van der Waals surface area (Å²) in [7, 11) is 0. The zero-order chi connectivity index (χ0) is 14.4. The van der Waals surface area contributed by atoms with E-state index in [1.54, 1.807) is 0 Å². The third-order valence-corrected chi connectivity index (χ3v) is 4.08. The van der Waals surface area contributed by atoms with E-state index in [1.807, 2.05) is 12.1 Å². The summed E-state index contributed by atoms with van der Waals surface area (Å²) >= 11 is 0. The van der Waals surface area contributed by atoms with Gasteiger partial charge in [0.25, 0.3) is 0 Å². The standard InChI is InChI=1S/C19H26O/c1-3-4-5-6-7-8-11-16-13-17(20)14-19-15(2)10-9-12-18(16)19/h9-10,12-14,20H,3-8,11H2,1-2H3. The van der Waals surface area contributed by atoms with Crippen molar-refractivity contribution in [3.8, 4) is 5.75 Å². The van der Waals surface area contributed by atoms with E-state index >= 15 is 0 Å². The summed E-state index contributed by atoms with van der Waals surface area (Å²) in [5.41, 5.74) is 2.53. The van der Waals surface area contributed by atoms with Gasteiger partial charge in [-0.2, -0.15) is 0 Å². The third kappa shape index (κ3) is 3.75. The van der Waals surface area contributed by atoms with E-state index in [-0.39, 0.29) is 0 Å². The fourth-order valence-electron chi connectivity index (χ4n) is 2.90. The Kier molecular flexibility index (Phi) is 5.46. The minimum Gasteiger partial charge on any atom is -0.508 e. The quantitative estimate of drug-likeness (QED) is 0.634. The van der Waals surface area contributed by atoms with Gasteiger partial charge in [0.15, 0.2) is 0 Å². The smallest absolute Gasteiger partial charge is 0.116 e. The monoisotopic (exact) mass is 270 g/mol. The van der Waals surface area contributed by atoms with Crippen molar-refractivity contribution in [2.45, 2.75) is 58.8 Å². The first-order chi connectivity index (χ1) is 9.72. The number of fused-ring (bicyclic) bond motifs is 1. The second-order valence-corrected chi connectivity index (χ2v) is 5.79. The summed E-state index contributed by atoms with van der Waals surface area (Å²) in [6, 6.07) is 10.2. The van der Waals surface area contributed by atoms with Crippen LogP contribution < -0.4 is 0 Å². The van der Waals surface area contributed by atoms with E-state index in [4.69, 9.17) is 0 Å². The average molecular weight is 270 g/mol. The van der Waals surface area contributed by atoms with Gasteiger partial charge in [-0.15, -0.1) is 0 Å². The van der Waals surface area contributed by atoms with E-state index in [9.17, 15) is 5.11 Å². The maximum absolute atomic E-state index is 9.91. The molecule has 1 nitrogen and oxygen atoms in total. The molecule has 0 atom stereocenters. The number of hydrogen-bond acceptors (Lipinski definition) is 1. The molecule has 2 rings (SSSR count). The van der Waals surface area contributed by atoms with Crippen molar-refractivity contribution in [2.24, 2.45) is 0 Å². The lowest BCUT2D eigenvalue weighted by molar-refractivity contribution is 0.475. The average Bonchev–Trinajstić information content (AvgIpc) is 2.43. The van der Waals surface area contributed by atoms with Crippen molar-refractivity contribution in [3.63, 3.8) is 0 Å². The van der Waals surface area contributed by atoms with Crippen molar-refractivity contribution >= 4 is 10.8 Å². The maximum Gasteiger partial charge on any atom is 0.116 e. The fourth-order valence-corrected chi connectivity index (χ4v) is 2.90. The number of phenols is 1. The summed E-state index contributed by atoms with van der Waals surface area (Å²) in [5, 5.41) is 12.4. The molecule has 0 aliphatic heterocycles. The van der Waals surface area contributed by atoms with E-state index < -0.39 is 0 Å². The van der Waals surface area contributed by atoms with Crippen LogP contribution in [0.1, 0.15) is 56.6 Å². The van der Waals surface area contributed by atoms with Crippen LogP contribution in [0.5, 0.6) is 5.75 Å².